The van der Waals surface area contributed by atoms with Gasteiger partial charge in [-0.05, 0) is 82.2 Å². The van der Waals surface area contributed by atoms with Crippen molar-refractivity contribution in [2.75, 3.05) is 6.61 Å². The SMILES string of the molecule is C=CC[Si](C)(C)O[C@@]12CCO[C@@]13CC[C@H]1C[C@H]3[C@H](C/C=C\C[Si](C)(C)O1)C2. The molecule has 3 nitrogen and oxygen atoms in total. The first-order valence-corrected chi connectivity index (χ1v) is 17.2. The highest BCUT2D eigenvalue weighted by Gasteiger charge is 2.69. The fourth-order valence-corrected chi connectivity index (χ4v) is 10.8. The highest BCUT2D eigenvalue weighted by molar-refractivity contribution is 6.72. The van der Waals surface area contributed by atoms with E-state index < -0.39 is 16.6 Å². The first-order valence-electron chi connectivity index (χ1n) is 11.0. The molecule has 27 heavy (non-hydrogen) atoms. The van der Waals surface area contributed by atoms with Gasteiger partial charge >= 0.3 is 0 Å². The van der Waals surface area contributed by atoms with E-state index in [1.165, 1.54) is 19.3 Å². The van der Waals surface area contributed by atoms with E-state index in [1.54, 1.807) is 0 Å². The van der Waals surface area contributed by atoms with E-state index >= 15 is 0 Å². The standard InChI is InChI=1S/C22H38O3Si2/c1-6-14-27(4,5)25-21-12-13-23-22(21)11-10-19-16-20(22)18(17-21)9-7-8-15-26(2,3)24-19/h6-8,18-20H,1,9-17H2,2-5H3/b8-7-/t18-,19+,20+,21-,22-/m1/s1. The first-order chi connectivity index (χ1) is 12.7. The summed E-state index contributed by atoms with van der Waals surface area (Å²) in [5.74, 6) is 1.25. The molecule has 4 rings (SSSR count). The molecule has 2 heterocycles. The van der Waals surface area contributed by atoms with Gasteiger partial charge in [-0.2, -0.15) is 0 Å². The molecule has 0 unspecified atom stereocenters. The summed E-state index contributed by atoms with van der Waals surface area (Å²) in [5.41, 5.74) is -0.136. The van der Waals surface area contributed by atoms with Crippen LogP contribution in [-0.4, -0.2) is 40.5 Å². The molecule has 0 aromatic carbocycles. The number of allylic oxidation sites excluding steroid dienone is 3. The molecule has 0 N–H and O–H groups in total. The van der Waals surface area contributed by atoms with Gasteiger partial charge in [0.25, 0.3) is 0 Å². The van der Waals surface area contributed by atoms with Gasteiger partial charge in [0.15, 0.2) is 16.6 Å². The lowest BCUT2D eigenvalue weighted by Crippen LogP contribution is -2.59. The molecule has 0 aromatic rings. The van der Waals surface area contributed by atoms with Crippen LogP contribution in [0, 0.1) is 11.8 Å². The van der Waals surface area contributed by atoms with Crippen molar-refractivity contribution >= 4 is 16.6 Å². The van der Waals surface area contributed by atoms with E-state index in [9.17, 15) is 0 Å². The van der Waals surface area contributed by atoms with Crippen molar-refractivity contribution in [3.05, 3.63) is 24.8 Å². The van der Waals surface area contributed by atoms with Gasteiger partial charge in [-0.15, -0.1) is 6.58 Å². The van der Waals surface area contributed by atoms with E-state index in [0.29, 0.717) is 17.9 Å². The van der Waals surface area contributed by atoms with Crippen LogP contribution in [0.25, 0.3) is 0 Å². The highest BCUT2D eigenvalue weighted by atomic mass is 28.4. The van der Waals surface area contributed by atoms with E-state index in [1.807, 2.05) is 0 Å². The van der Waals surface area contributed by atoms with Gasteiger partial charge in [0.05, 0.1) is 17.8 Å². The third-order valence-electron chi connectivity index (χ3n) is 7.56. The third-order valence-corrected chi connectivity index (χ3v) is 12.0. The normalized spacial score (nSPS) is 44.5. The predicted octanol–water partition coefficient (Wildman–Crippen LogP) is 5.66. The summed E-state index contributed by atoms with van der Waals surface area (Å²) in [6.07, 6.45) is 14.2. The lowest BCUT2D eigenvalue weighted by atomic mass is 9.69. The van der Waals surface area contributed by atoms with E-state index in [4.69, 9.17) is 13.6 Å². The van der Waals surface area contributed by atoms with Gasteiger partial charge in [-0.3, -0.25) is 0 Å². The van der Waals surface area contributed by atoms with Gasteiger partial charge in [0, 0.05) is 12.5 Å². The van der Waals surface area contributed by atoms with Gasteiger partial charge in [0.2, 0.25) is 0 Å². The second-order valence-corrected chi connectivity index (χ2v) is 18.9. The summed E-state index contributed by atoms with van der Waals surface area (Å²) in [4.78, 5) is 0. The number of hydrogen-bond acceptors (Lipinski definition) is 3. The number of rotatable bonds is 4. The van der Waals surface area contributed by atoms with Crippen molar-refractivity contribution in [1.82, 2.24) is 0 Å². The van der Waals surface area contributed by atoms with Crippen molar-refractivity contribution in [3.8, 4) is 0 Å². The maximum Gasteiger partial charge on any atom is 0.191 e. The minimum absolute atomic E-state index is 0.0678. The van der Waals surface area contributed by atoms with Crippen molar-refractivity contribution < 1.29 is 13.6 Å². The molecule has 2 aliphatic heterocycles. The molecule has 0 amide bonds. The van der Waals surface area contributed by atoms with Gasteiger partial charge in [-0.25, -0.2) is 0 Å². The molecule has 2 bridgehead atoms. The Kier molecular flexibility index (Phi) is 5.16. The Labute approximate surface area is 167 Å². The van der Waals surface area contributed by atoms with Crippen molar-refractivity contribution in [2.24, 2.45) is 11.8 Å². The lowest BCUT2D eigenvalue weighted by molar-refractivity contribution is -0.146. The van der Waals surface area contributed by atoms with Crippen LogP contribution >= 0.6 is 0 Å². The number of ether oxygens (including phenoxy) is 1. The summed E-state index contributed by atoms with van der Waals surface area (Å²) in [6.45, 7) is 14.3. The molecule has 2 aliphatic carbocycles. The molecular formula is C22H38O3Si2. The first kappa shape index (κ1) is 20.1. The highest BCUT2D eigenvalue weighted by Crippen LogP contribution is 2.63. The molecule has 0 aromatic heterocycles. The van der Waals surface area contributed by atoms with Crippen LogP contribution in [0.3, 0.4) is 0 Å². The van der Waals surface area contributed by atoms with Gasteiger partial charge in [0.1, 0.15) is 0 Å². The Bertz CT molecular complexity index is 617. The average Bonchev–Trinajstić information content (AvgIpc) is 3.00. The molecule has 5 atom stereocenters. The third kappa shape index (κ3) is 3.48. The van der Waals surface area contributed by atoms with Crippen LogP contribution in [0.5, 0.6) is 0 Å². The molecule has 5 heteroatoms. The van der Waals surface area contributed by atoms with E-state index in [2.05, 4.69) is 51.0 Å². The van der Waals surface area contributed by atoms with Gasteiger partial charge in [-0.1, -0.05) is 18.2 Å². The smallest absolute Gasteiger partial charge is 0.191 e. The number of fused-ring (bicyclic) bond motifs is 1. The maximum atomic E-state index is 7.13. The van der Waals surface area contributed by atoms with Crippen LogP contribution in [0.1, 0.15) is 38.5 Å². The minimum atomic E-state index is -1.78. The zero-order valence-electron chi connectivity index (χ0n) is 17.8. The molecule has 0 radical (unpaired) electrons. The molecule has 3 fully saturated rings. The van der Waals surface area contributed by atoms with Crippen LogP contribution in [0.4, 0.5) is 0 Å². The fourth-order valence-electron chi connectivity index (χ4n) is 6.64. The molecule has 1 spiro atoms. The Morgan fingerprint density at radius 1 is 1.30 bits per heavy atom. The Hall–Kier alpha value is -0.206. The molecular weight excluding hydrogens is 368 g/mol. The monoisotopic (exact) mass is 406 g/mol. The summed E-state index contributed by atoms with van der Waals surface area (Å²) >= 11 is 0. The summed E-state index contributed by atoms with van der Waals surface area (Å²) in [6, 6.07) is 2.16. The molecule has 4 aliphatic rings. The van der Waals surface area contributed by atoms with Crippen molar-refractivity contribution in [3.63, 3.8) is 0 Å². The quantitative estimate of drug-likeness (QED) is 0.445. The Balaban J connectivity index is 1.67. The second-order valence-electron chi connectivity index (χ2n) is 10.6. The fraction of sp³-hybridized carbons (Fsp3) is 0.818. The largest absolute Gasteiger partial charge is 0.414 e. The zero-order valence-corrected chi connectivity index (χ0v) is 19.8. The molecule has 2 saturated carbocycles. The van der Waals surface area contributed by atoms with Crippen LogP contribution in [0.2, 0.25) is 38.3 Å². The lowest BCUT2D eigenvalue weighted by Gasteiger charge is -2.50. The Morgan fingerprint density at radius 2 is 2.11 bits per heavy atom. The summed E-state index contributed by atoms with van der Waals surface area (Å²) in [5, 5.41) is 0. The summed E-state index contributed by atoms with van der Waals surface area (Å²) < 4.78 is 20.5. The maximum absolute atomic E-state index is 7.13. The van der Waals surface area contributed by atoms with Crippen LogP contribution in [0.15, 0.2) is 24.8 Å². The van der Waals surface area contributed by atoms with Crippen molar-refractivity contribution in [1.29, 1.82) is 0 Å². The number of hydrogen-bond donors (Lipinski definition) is 0. The molecule has 152 valence electrons. The molecule has 1 saturated heterocycles. The second kappa shape index (κ2) is 6.94. The van der Waals surface area contributed by atoms with Crippen LogP contribution < -0.4 is 0 Å². The van der Waals surface area contributed by atoms with Crippen LogP contribution in [-0.2, 0) is 13.6 Å². The summed E-state index contributed by atoms with van der Waals surface area (Å²) in [7, 11) is -3.38. The topological polar surface area (TPSA) is 27.7 Å². The van der Waals surface area contributed by atoms with Gasteiger partial charge < -0.3 is 13.6 Å². The van der Waals surface area contributed by atoms with E-state index in [-0.39, 0.29) is 11.2 Å². The van der Waals surface area contributed by atoms with Crippen molar-refractivity contribution in [2.45, 2.75) is 94.1 Å². The average molecular weight is 407 g/mol. The van der Waals surface area contributed by atoms with E-state index in [0.717, 1.165) is 38.0 Å². The Morgan fingerprint density at radius 3 is 2.89 bits per heavy atom. The predicted molar refractivity (Wildman–Crippen MR) is 116 cm³/mol. The zero-order chi connectivity index (χ0) is 19.3. The minimum Gasteiger partial charge on any atom is -0.414 e.